The Morgan fingerprint density at radius 3 is 2.43 bits per heavy atom. The molecule has 2 aromatic rings. The first kappa shape index (κ1) is 23.5. The molecule has 2 aromatic carbocycles. The minimum Gasteiger partial charge on any atom is -0.483 e. The Balaban J connectivity index is 2.21. The van der Waals surface area contributed by atoms with Crippen LogP contribution >= 0.6 is 0 Å². The van der Waals surface area contributed by atoms with E-state index < -0.39 is 6.04 Å². The van der Waals surface area contributed by atoms with Gasteiger partial charge in [-0.15, -0.1) is 0 Å². The number of para-hydroxylation sites is 1. The summed E-state index contributed by atoms with van der Waals surface area (Å²) in [6.07, 6.45) is 0. The predicted molar refractivity (Wildman–Crippen MR) is 121 cm³/mol. The number of rotatable bonds is 8. The number of carbonyl (C=O) groups is 2. The molecule has 0 bridgehead atoms. The Hall–Kier alpha value is -2.82. The molecule has 0 unspecified atom stereocenters. The first-order chi connectivity index (χ1) is 14.1. The number of ether oxygens (including phenoxy) is 1. The highest BCUT2D eigenvalue weighted by molar-refractivity contribution is 5.87. The number of amides is 2. The zero-order chi connectivity index (χ0) is 22.3. The highest BCUT2D eigenvalue weighted by atomic mass is 16.5. The second-order valence-corrected chi connectivity index (χ2v) is 8.62. The number of carbonyl (C=O) groups excluding carboxylic acids is 2. The van der Waals surface area contributed by atoms with Crippen molar-refractivity contribution in [2.45, 2.75) is 59.5 Å². The fourth-order valence-electron chi connectivity index (χ4n) is 3.35. The van der Waals surface area contributed by atoms with Crippen molar-refractivity contribution in [1.82, 2.24) is 10.2 Å². The van der Waals surface area contributed by atoms with Gasteiger partial charge in [0.1, 0.15) is 11.8 Å². The van der Waals surface area contributed by atoms with Gasteiger partial charge in [-0.3, -0.25) is 9.59 Å². The van der Waals surface area contributed by atoms with E-state index in [1.54, 1.807) is 11.8 Å². The Bertz CT molecular complexity index is 871. The lowest BCUT2D eigenvalue weighted by atomic mass is 9.86. The quantitative estimate of drug-likeness (QED) is 0.709. The van der Waals surface area contributed by atoms with Gasteiger partial charge < -0.3 is 15.0 Å². The third kappa shape index (κ3) is 6.34. The Labute approximate surface area is 180 Å². The molecule has 30 heavy (non-hydrogen) atoms. The molecule has 0 aliphatic carbocycles. The van der Waals surface area contributed by atoms with E-state index in [1.807, 2.05) is 62.4 Å². The van der Waals surface area contributed by atoms with Crippen LogP contribution in [0.1, 0.15) is 51.3 Å². The molecule has 2 rings (SSSR count). The zero-order valence-corrected chi connectivity index (χ0v) is 19.0. The van der Waals surface area contributed by atoms with Gasteiger partial charge in [0.05, 0.1) is 0 Å². The van der Waals surface area contributed by atoms with E-state index >= 15 is 0 Å². The molecule has 0 saturated heterocycles. The van der Waals surface area contributed by atoms with Crippen molar-refractivity contribution in [1.29, 1.82) is 0 Å². The summed E-state index contributed by atoms with van der Waals surface area (Å²) < 4.78 is 5.93. The van der Waals surface area contributed by atoms with Crippen LogP contribution in [0.15, 0.2) is 48.5 Å². The topological polar surface area (TPSA) is 58.6 Å². The highest BCUT2D eigenvalue weighted by Gasteiger charge is 2.27. The molecular weight excluding hydrogens is 376 g/mol. The Kier molecular flexibility index (Phi) is 8.04. The normalized spacial score (nSPS) is 12.2. The number of nitrogens with one attached hydrogen (secondary N) is 1. The van der Waals surface area contributed by atoms with Gasteiger partial charge in [-0.25, -0.2) is 0 Å². The van der Waals surface area contributed by atoms with Gasteiger partial charge in [0.2, 0.25) is 5.91 Å². The van der Waals surface area contributed by atoms with E-state index in [-0.39, 0.29) is 23.8 Å². The first-order valence-electron chi connectivity index (χ1n) is 10.5. The third-order valence-corrected chi connectivity index (χ3v) is 5.00. The summed E-state index contributed by atoms with van der Waals surface area (Å²) in [6.45, 7) is 12.7. The summed E-state index contributed by atoms with van der Waals surface area (Å²) in [5, 5.41) is 2.81. The lowest BCUT2D eigenvalue weighted by Crippen LogP contribution is -2.49. The smallest absolute Gasteiger partial charge is 0.261 e. The second-order valence-electron chi connectivity index (χ2n) is 8.62. The summed E-state index contributed by atoms with van der Waals surface area (Å²) in [7, 11) is 0. The molecule has 0 spiro atoms. The van der Waals surface area contributed by atoms with Crippen molar-refractivity contribution in [2.24, 2.45) is 0 Å². The molecule has 5 nitrogen and oxygen atoms in total. The number of benzene rings is 2. The molecule has 0 radical (unpaired) electrons. The molecule has 0 heterocycles. The molecule has 0 aromatic heterocycles. The zero-order valence-electron chi connectivity index (χ0n) is 19.0. The molecule has 0 aliphatic rings. The maximum absolute atomic E-state index is 13.1. The molecule has 0 saturated carbocycles. The summed E-state index contributed by atoms with van der Waals surface area (Å²) in [6, 6.07) is 15.1. The van der Waals surface area contributed by atoms with Crippen LogP contribution in [0.25, 0.3) is 0 Å². The number of nitrogens with zero attached hydrogens (tertiary/aromatic N) is 1. The Morgan fingerprint density at radius 1 is 1.10 bits per heavy atom. The minimum atomic E-state index is -0.598. The maximum atomic E-state index is 13.1. The van der Waals surface area contributed by atoms with Crippen LogP contribution in [0.3, 0.4) is 0 Å². The van der Waals surface area contributed by atoms with Crippen LogP contribution in [0.2, 0.25) is 0 Å². The number of aryl methyl sites for hydroxylation is 1. The van der Waals surface area contributed by atoms with Crippen LogP contribution in [0.4, 0.5) is 0 Å². The van der Waals surface area contributed by atoms with E-state index in [9.17, 15) is 9.59 Å². The molecule has 0 aliphatic heterocycles. The van der Waals surface area contributed by atoms with Gasteiger partial charge in [-0.1, -0.05) is 68.8 Å². The summed E-state index contributed by atoms with van der Waals surface area (Å²) in [5.41, 5.74) is 3.03. The Morgan fingerprint density at radius 2 is 1.80 bits per heavy atom. The summed E-state index contributed by atoms with van der Waals surface area (Å²) in [5.74, 6) is 0.298. The van der Waals surface area contributed by atoms with Crippen LogP contribution in [-0.2, 0) is 21.5 Å². The van der Waals surface area contributed by atoms with Gasteiger partial charge in [0.15, 0.2) is 6.61 Å². The van der Waals surface area contributed by atoms with Crippen molar-refractivity contribution in [3.63, 3.8) is 0 Å². The lowest BCUT2D eigenvalue weighted by molar-refractivity contribution is -0.142. The average molecular weight is 411 g/mol. The van der Waals surface area contributed by atoms with E-state index in [4.69, 9.17) is 4.74 Å². The van der Waals surface area contributed by atoms with Gasteiger partial charge in [0.25, 0.3) is 5.91 Å². The number of hydrogen-bond donors (Lipinski definition) is 1. The van der Waals surface area contributed by atoms with Crippen molar-refractivity contribution < 1.29 is 14.3 Å². The maximum Gasteiger partial charge on any atom is 0.261 e. The van der Waals surface area contributed by atoms with Crippen LogP contribution < -0.4 is 10.1 Å². The van der Waals surface area contributed by atoms with E-state index in [1.165, 1.54) is 0 Å². The lowest BCUT2D eigenvalue weighted by Gasteiger charge is -2.29. The molecule has 1 atom stereocenters. The standard InChI is InChI=1S/C25H34N2O3/c1-7-26-24(29)19(3)27(16-20-12-10-11-18(2)15-20)23(28)17-30-22-14-9-8-13-21(22)25(4,5)6/h8-15,19H,7,16-17H2,1-6H3,(H,26,29)/t19-/m1/s1. The average Bonchev–Trinajstić information content (AvgIpc) is 2.69. The highest BCUT2D eigenvalue weighted by Crippen LogP contribution is 2.31. The number of hydrogen-bond acceptors (Lipinski definition) is 3. The molecular formula is C25H34N2O3. The number of likely N-dealkylation sites (N-methyl/N-ethyl adjacent to an activating group) is 1. The van der Waals surface area contributed by atoms with E-state index in [0.717, 1.165) is 16.7 Å². The summed E-state index contributed by atoms with van der Waals surface area (Å²) in [4.78, 5) is 27.2. The largest absolute Gasteiger partial charge is 0.483 e. The van der Waals surface area contributed by atoms with Crippen LogP contribution in [-0.4, -0.2) is 35.9 Å². The second kappa shape index (κ2) is 10.3. The predicted octanol–water partition coefficient (Wildman–Crippen LogP) is 4.22. The summed E-state index contributed by atoms with van der Waals surface area (Å²) >= 11 is 0. The SMILES string of the molecule is CCNC(=O)[C@@H](C)N(Cc1cccc(C)c1)C(=O)COc1ccccc1C(C)(C)C. The van der Waals surface area contributed by atoms with E-state index in [2.05, 4.69) is 26.1 Å². The van der Waals surface area contributed by atoms with Gasteiger partial charge in [0, 0.05) is 13.1 Å². The van der Waals surface area contributed by atoms with Crippen LogP contribution in [0, 0.1) is 6.92 Å². The molecule has 162 valence electrons. The molecule has 1 N–H and O–H groups in total. The third-order valence-electron chi connectivity index (χ3n) is 5.00. The minimum absolute atomic E-state index is 0.102. The van der Waals surface area contributed by atoms with Crippen LogP contribution in [0.5, 0.6) is 5.75 Å². The molecule has 5 heteroatoms. The molecule has 0 fully saturated rings. The van der Waals surface area contributed by atoms with Crippen molar-refractivity contribution in [3.05, 3.63) is 65.2 Å². The van der Waals surface area contributed by atoms with Gasteiger partial charge in [-0.05, 0) is 43.4 Å². The van der Waals surface area contributed by atoms with Gasteiger partial charge >= 0.3 is 0 Å². The molecule has 2 amide bonds. The first-order valence-corrected chi connectivity index (χ1v) is 10.5. The van der Waals surface area contributed by atoms with Crippen molar-refractivity contribution >= 4 is 11.8 Å². The van der Waals surface area contributed by atoms with E-state index in [0.29, 0.717) is 18.8 Å². The van der Waals surface area contributed by atoms with Crippen molar-refractivity contribution in [3.8, 4) is 5.75 Å². The fraction of sp³-hybridized carbons (Fsp3) is 0.440. The van der Waals surface area contributed by atoms with Crippen molar-refractivity contribution in [2.75, 3.05) is 13.2 Å². The fourth-order valence-corrected chi connectivity index (χ4v) is 3.35. The van der Waals surface area contributed by atoms with Gasteiger partial charge in [-0.2, -0.15) is 0 Å². The monoisotopic (exact) mass is 410 g/mol.